The van der Waals surface area contributed by atoms with Gasteiger partial charge in [-0.05, 0) is 26.0 Å². The van der Waals surface area contributed by atoms with E-state index in [1.807, 2.05) is 26.0 Å². The van der Waals surface area contributed by atoms with Crippen molar-refractivity contribution < 1.29 is 0 Å². The van der Waals surface area contributed by atoms with Crippen LogP contribution in [0.25, 0.3) is 0 Å². The van der Waals surface area contributed by atoms with Crippen LogP contribution in [0.3, 0.4) is 0 Å². The van der Waals surface area contributed by atoms with Crippen LogP contribution in [-0.4, -0.2) is 11.2 Å². The van der Waals surface area contributed by atoms with Gasteiger partial charge < -0.3 is 0 Å². The summed E-state index contributed by atoms with van der Waals surface area (Å²) in [6, 6.07) is 7.53. The van der Waals surface area contributed by atoms with E-state index >= 15 is 0 Å². The Labute approximate surface area is 88.4 Å². The van der Waals surface area contributed by atoms with Crippen LogP contribution in [0.2, 0.25) is 5.02 Å². The monoisotopic (exact) mass is 215 g/mol. The first-order valence-corrected chi connectivity index (χ1v) is 4.84. The summed E-state index contributed by atoms with van der Waals surface area (Å²) in [6.45, 7) is 3.97. The Hall–Kier alpha value is -0.530. The highest BCUT2D eigenvalue weighted by Crippen LogP contribution is 2.12. The predicted molar refractivity (Wildman–Crippen MR) is 59.0 cm³/mol. The molecule has 0 atom stereocenters. The van der Waals surface area contributed by atoms with Crippen molar-refractivity contribution in [1.82, 2.24) is 0 Å². The average molecular weight is 216 g/mol. The maximum atomic E-state index is 5.96. The number of nitrogens with zero attached hydrogens (tertiary/aromatic N) is 1. The maximum absolute atomic E-state index is 5.96. The quantitative estimate of drug-likeness (QED) is 0.668. The molecule has 1 nitrogen and oxygen atoms in total. The van der Waals surface area contributed by atoms with Crippen LogP contribution in [0, 0.1) is 0 Å². The lowest BCUT2D eigenvalue weighted by Gasteiger charge is -2.01. The summed E-state index contributed by atoms with van der Waals surface area (Å²) in [7, 11) is 0. The van der Waals surface area contributed by atoms with Crippen LogP contribution in [-0.2, 0) is 0 Å². The summed E-state index contributed by atoms with van der Waals surface area (Å²) in [5.74, 6) is 0. The van der Waals surface area contributed by atoms with Crippen molar-refractivity contribution in [3.8, 4) is 0 Å². The zero-order chi connectivity index (χ0) is 9.84. The van der Waals surface area contributed by atoms with Crippen LogP contribution < -0.4 is 0 Å². The first-order valence-electron chi connectivity index (χ1n) is 4.09. The SMILES string of the molecule is CC(C)N=C(Cl)c1ccc(Cl)cc1. The van der Waals surface area contributed by atoms with Gasteiger partial charge in [0.2, 0.25) is 0 Å². The fraction of sp³-hybridized carbons (Fsp3) is 0.300. The molecule has 1 rings (SSSR count). The van der Waals surface area contributed by atoms with E-state index in [0.717, 1.165) is 5.56 Å². The lowest BCUT2D eigenvalue weighted by atomic mass is 10.2. The van der Waals surface area contributed by atoms with Gasteiger partial charge >= 0.3 is 0 Å². The number of aliphatic imine (C=N–C) groups is 1. The first-order chi connectivity index (χ1) is 6.09. The molecule has 13 heavy (non-hydrogen) atoms. The molecule has 0 saturated heterocycles. The zero-order valence-corrected chi connectivity index (χ0v) is 9.10. The van der Waals surface area contributed by atoms with Crippen LogP contribution in [0.4, 0.5) is 0 Å². The third kappa shape index (κ3) is 3.37. The highest BCUT2D eigenvalue weighted by atomic mass is 35.5. The normalized spacial score (nSPS) is 12.2. The second-order valence-electron chi connectivity index (χ2n) is 3.02. The van der Waals surface area contributed by atoms with E-state index in [4.69, 9.17) is 23.2 Å². The summed E-state index contributed by atoms with van der Waals surface area (Å²) in [5, 5.41) is 1.24. The van der Waals surface area contributed by atoms with Crippen molar-refractivity contribution in [2.24, 2.45) is 4.99 Å². The van der Waals surface area contributed by atoms with Crippen LogP contribution >= 0.6 is 23.2 Å². The van der Waals surface area contributed by atoms with Gasteiger partial charge in [-0.2, -0.15) is 0 Å². The molecule has 3 heteroatoms. The molecule has 70 valence electrons. The second-order valence-corrected chi connectivity index (χ2v) is 3.81. The van der Waals surface area contributed by atoms with E-state index in [9.17, 15) is 0 Å². The van der Waals surface area contributed by atoms with Gasteiger partial charge in [-0.25, -0.2) is 0 Å². The van der Waals surface area contributed by atoms with Gasteiger partial charge in [0.15, 0.2) is 0 Å². The van der Waals surface area contributed by atoms with E-state index in [1.165, 1.54) is 0 Å². The van der Waals surface area contributed by atoms with E-state index in [-0.39, 0.29) is 6.04 Å². The molecule has 0 saturated carbocycles. The molecule has 0 heterocycles. The van der Waals surface area contributed by atoms with Crippen LogP contribution in [0.15, 0.2) is 29.3 Å². The molecule has 0 aliphatic heterocycles. The predicted octanol–water partition coefficient (Wildman–Crippen LogP) is 3.73. The Morgan fingerprint density at radius 1 is 1.23 bits per heavy atom. The van der Waals surface area contributed by atoms with E-state index in [0.29, 0.717) is 10.2 Å². The Bertz CT molecular complexity index is 301. The zero-order valence-electron chi connectivity index (χ0n) is 7.59. The minimum absolute atomic E-state index is 0.211. The van der Waals surface area contributed by atoms with E-state index in [1.54, 1.807) is 12.1 Å². The van der Waals surface area contributed by atoms with Gasteiger partial charge in [0.1, 0.15) is 5.17 Å². The summed E-state index contributed by atoms with van der Waals surface area (Å²) in [6.07, 6.45) is 0. The molecule has 0 aliphatic carbocycles. The highest BCUT2D eigenvalue weighted by molar-refractivity contribution is 6.69. The Morgan fingerprint density at radius 2 is 1.77 bits per heavy atom. The van der Waals surface area contributed by atoms with Crippen molar-refractivity contribution in [3.63, 3.8) is 0 Å². The minimum atomic E-state index is 0.211. The molecule has 0 aromatic heterocycles. The molecule has 0 amide bonds. The molecule has 0 radical (unpaired) electrons. The molecular formula is C10H11Cl2N. The molecule has 0 spiro atoms. The van der Waals surface area contributed by atoms with Crippen LogP contribution in [0.5, 0.6) is 0 Å². The number of benzene rings is 1. The maximum Gasteiger partial charge on any atom is 0.131 e. The molecule has 0 fully saturated rings. The van der Waals surface area contributed by atoms with Crippen molar-refractivity contribution in [2.75, 3.05) is 0 Å². The summed E-state index contributed by atoms with van der Waals surface area (Å²) < 4.78 is 0. The molecule has 0 unspecified atom stereocenters. The van der Waals surface area contributed by atoms with Crippen molar-refractivity contribution in [2.45, 2.75) is 19.9 Å². The van der Waals surface area contributed by atoms with Gasteiger partial charge in [0, 0.05) is 16.6 Å². The van der Waals surface area contributed by atoms with Crippen molar-refractivity contribution in [1.29, 1.82) is 0 Å². The van der Waals surface area contributed by atoms with Gasteiger partial charge in [-0.3, -0.25) is 4.99 Å². The topological polar surface area (TPSA) is 12.4 Å². The molecule has 0 aliphatic rings. The third-order valence-corrected chi connectivity index (χ3v) is 2.02. The molecule has 1 aromatic rings. The summed E-state index contributed by atoms with van der Waals surface area (Å²) in [5.41, 5.74) is 0.903. The number of halogens is 2. The molecule has 0 bridgehead atoms. The molecule has 1 aromatic carbocycles. The van der Waals surface area contributed by atoms with Gasteiger partial charge in [0.25, 0.3) is 0 Å². The summed E-state index contributed by atoms with van der Waals surface area (Å²) >= 11 is 11.7. The molecular weight excluding hydrogens is 205 g/mol. The van der Waals surface area contributed by atoms with Crippen LogP contribution in [0.1, 0.15) is 19.4 Å². The Balaban J connectivity index is 2.89. The fourth-order valence-corrected chi connectivity index (χ4v) is 1.34. The first kappa shape index (κ1) is 10.6. The van der Waals surface area contributed by atoms with E-state index < -0.39 is 0 Å². The largest absolute Gasteiger partial charge is 0.270 e. The van der Waals surface area contributed by atoms with Crippen molar-refractivity contribution in [3.05, 3.63) is 34.9 Å². The lowest BCUT2D eigenvalue weighted by Crippen LogP contribution is -1.97. The smallest absolute Gasteiger partial charge is 0.131 e. The molecule has 0 N–H and O–H groups in total. The third-order valence-electron chi connectivity index (χ3n) is 1.45. The van der Waals surface area contributed by atoms with Crippen molar-refractivity contribution >= 4 is 28.4 Å². The summed E-state index contributed by atoms with van der Waals surface area (Å²) in [4.78, 5) is 4.22. The number of hydrogen-bond acceptors (Lipinski definition) is 1. The second kappa shape index (κ2) is 4.64. The fourth-order valence-electron chi connectivity index (χ4n) is 0.889. The standard InChI is InChI=1S/C10H11Cl2N/c1-7(2)13-10(12)8-3-5-9(11)6-4-8/h3-7H,1-2H3. The van der Waals surface area contributed by atoms with E-state index in [2.05, 4.69) is 4.99 Å². The highest BCUT2D eigenvalue weighted by Gasteiger charge is 1.99. The number of hydrogen-bond donors (Lipinski definition) is 0. The average Bonchev–Trinajstić information content (AvgIpc) is 2.04. The van der Waals surface area contributed by atoms with Gasteiger partial charge in [0.05, 0.1) is 0 Å². The minimum Gasteiger partial charge on any atom is -0.270 e. The number of rotatable bonds is 2. The van der Waals surface area contributed by atoms with Gasteiger partial charge in [-0.1, -0.05) is 35.3 Å². The van der Waals surface area contributed by atoms with Gasteiger partial charge in [-0.15, -0.1) is 0 Å². The Kier molecular flexibility index (Phi) is 3.76. The Morgan fingerprint density at radius 3 is 2.23 bits per heavy atom. The lowest BCUT2D eigenvalue weighted by molar-refractivity contribution is 0.839.